The Balaban J connectivity index is 1.73. The zero-order chi connectivity index (χ0) is 23.7. The van der Waals surface area contributed by atoms with Crippen molar-refractivity contribution in [1.82, 2.24) is 18.1 Å². The number of nitrogens with two attached hydrogens (primary N) is 1. The Hall–Kier alpha value is -3.09. The Bertz CT molecular complexity index is 1480. The van der Waals surface area contributed by atoms with Gasteiger partial charge in [0.2, 0.25) is 5.95 Å². The molecule has 3 aromatic rings. The van der Waals surface area contributed by atoms with Crippen LogP contribution in [0.5, 0.6) is 0 Å². The lowest BCUT2D eigenvalue weighted by molar-refractivity contribution is -0.137. The molecule has 9 nitrogen and oxygen atoms in total. The third-order valence-electron chi connectivity index (χ3n) is 6.00. The first-order chi connectivity index (χ1) is 15.5. The van der Waals surface area contributed by atoms with Gasteiger partial charge in [0.05, 0.1) is 10.5 Å². The Kier molecular flexibility index (Phi) is 4.75. The quantitative estimate of drug-likeness (QED) is 0.573. The van der Waals surface area contributed by atoms with Crippen LogP contribution in [-0.2, 0) is 29.3 Å². The molecule has 2 saturated carbocycles. The number of anilines is 1. The molecule has 0 radical (unpaired) electrons. The van der Waals surface area contributed by atoms with Crippen molar-refractivity contribution < 1.29 is 21.6 Å². The topological polar surface area (TPSA) is 122 Å². The number of benzene rings is 1. The van der Waals surface area contributed by atoms with E-state index in [0.717, 1.165) is 42.4 Å². The smallest absolute Gasteiger partial charge is 0.368 e. The van der Waals surface area contributed by atoms with Crippen molar-refractivity contribution in [2.24, 2.45) is 11.8 Å². The monoisotopic (exact) mass is 483 g/mol. The summed E-state index contributed by atoms with van der Waals surface area (Å²) in [5.41, 5.74) is 2.96. The molecule has 0 atom stereocenters. The van der Waals surface area contributed by atoms with Gasteiger partial charge < -0.3 is 5.73 Å². The predicted octanol–water partition coefficient (Wildman–Crippen LogP) is 2.02. The molecule has 0 bridgehead atoms. The van der Waals surface area contributed by atoms with Gasteiger partial charge in [-0.05, 0) is 61.8 Å². The molecule has 2 aliphatic rings. The molecule has 2 N–H and O–H groups in total. The van der Waals surface area contributed by atoms with Gasteiger partial charge in [0.1, 0.15) is 0 Å². The van der Waals surface area contributed by atoms with Crippen LogP contribution in [0, 0.1) is 11.8 Å². The maximum absolute atomic E-state index is 13.3. The standard InChI is InChI=1S/C20H20F3N5O4S/c21-20(22,23)13-5-7-14(8-6-13)33(31,32)28-15-16(25-18(28)24)26(9-11-1-2-11)19(30)27(17(15)29)10-12-3-4-12/h5-8,11-12H,1-4,9-10H2,(H2,24,25). The lowest BCUT2D eigenvalue weighted by Gasteiger charge is -2.13. The number of alkyl halides is 3. The number of aromatic nitrogens is 4. The third kappa shape index (κ3) is 3.73. The number of hydrogen-bond donors (Lipinski definition) is 1. The highest BCUT2D eigenvalue weighted by Crippen LogP contribution is 2.33. The molecule has 0 spiro atoms. The van der Waals surface area contributed by atoms with Crippen molar-refractivity contribution in [3.63, 3.8) is 0 Å². The second-order valence-electron chi connectivity index (χ2n) is 8.63. The number of nitrogen functional groups attached to an aromatic ring is 1. The molecule has 0 amide bonds. The molecule has 2 fully saturated rings. The van der Waals surface area contributed by atoms with E-state index >= 15 is 0 Å². The summed E-state index contributed by atoms with van der Waals surface area (Å²) >= 11 is 0. The van der Waals surface area contributed by atoms with E-state index < -0.39 is 43.9 Å². The number of halogens is 3. The molecule has 5 rings (SSSR count). The summed E-state index contributed by atoms with van der Waals surface area (Å²) < 4.78 is 68.2. The molecular weight excluding hydrogens is 463 g/mol. The lowest BCUT2D eigenvalue weighted by atomic mass is 10.2. The average Bonchev–Trinajstić information content (AvgIpc) is 3.67. The van der Waals surface area contributed by atoms with Gasteiger partial charge in [-0.15, -0.1) is 0 Å². The van der Waals surface area contributed by atoms with Gasteiger partial charge in [-0.2, -0.15) is 22.1 Å². The van der Waals surface area contributed by atoms with Crippen molar-refractivity contribution in [3.8, 4) is 0 Å². The molecule has 2 heterocycles. The van der Waals surface area contributed by atoms with E-state index in [1.165, 1.54) is 4.57 Å². The summed E-state index contributed by atoms with van der Waals surface area (Å²) in [7, 11) is -4.58. The van der Waals surface area contributed by atoms with Crippen LogP contribution in [0.1, 0.15) is 31.2 Å². The molecule has 33 heavy (non-hydrogen) atoms. The summed E-state index contributed by atoms with van der Waals surface area (Å²) in [6, 6.07) is 2.87. The minimum atomic E-state index is -4.64. The molecule has 2 aromatic heterocycles. The summed E-state index contributed by atoms with van der Waals surface area (Å²) in [5, 5.41) is 0. The summed E-state index contributed by atoms with van der Waals surface area (Å²) in [5.74, 6) is -0.173. The second kappa shape index (κ2) is 7.20. The van der Waals surface area contributed by atoms with Gasteiger partial charge in [0.25, 0.3) is 15.6 Å². The summed E-state index contributed by atoms with van der Waals surface area (Å²) in [6.45, 7) is 0.431. The fourth-order valence-corrected chi connectivity index (χ4v) is 5.22. The Labute approximate surface area is 185 Å². The molecule has 0 unspecified atom stereocenters. The van der Waals surface area contributed by atoms with E-state index in [9.17, 15) is 31.2 Å². The Morgan fingerprint density at radius 3 is 2.03 bits per heavy atom. The van der Waals surface area contributed by atoms with Gasteiger partial charge in [0.15, 0.2) is 11.2 Å². The Morgan fingerprint density at radius 2 is 1.52 bits per heavy atom. The number of rotatable bonds is 6. The molecule has 176 valence electrons. The normalized spacial score (nSPS) is 17.1. The van der Waals surface area contributed by atoms with E-state index in [1.807, 2.05) is 0 Å². The SMILES string of the molecule is Nc1nc2c(c(=O)n(CC3CC3)c(=O)n2CC2CC2)n1S(=O)(=O)c1ccc(C(F)(F)F)cc1. The van der Waals surface area contributed by atoms with Crippen LogP contribution in [0.25, 0.3) is 11.2 Å². The fourth-order valence-electron chi connectivity index (χ4n) is 3.84. The van der Waals surface area contributed by atoms with Gasteiger partial charge in [-0.25, -0.2) is 13.2 Å². The molecule has 1 aromatic carbocycles. The first-order valence-electron chi connectivity index (χ1n) is 10.4. The number of hydrogen-bond acceptors (Lipinski definition) is 6. The highest BCUT2D eigenvalue weighted by molar-refractivity contribution is 7.90. The first kappa shape index (κ1) is 21.7. The van der Waals surface area contributed by atoms with Gasteiger partial charge in [0, 0.05) is 13.1 Å². The highest BCUT2D eigenvalue weighted by Gasteiger charge is 2.34. The van der Waals surface area contributed by atoms with E-state index in [2.05, 4.69) is 4.98 Å². The summed E-state index contributed by atoms with van der Waals surface area (Å²) in [4.78, 5) is 29.9. The van der Waals surface area contributed by atoms with E-state index in [1.54, 1.807) is 0 Å². The fraction of sp³-hybridized carbons (Fsp3) is 0.450. The van der Waals surface area contributed by atoms with Gasteiger partial charge >= 0.3 is 11.9 Å². The van der Waals surface area contributed by atoms with Crippen molar-refractivity contribution in [2.45, 2.75) is 49.8 Å². The van der Waals surface area contributed by atoms with Crippen LogP contribution in [0.4, 0.5) is 19.1 Å². The molecule has 2 aliphatic carbocycles. The minimum Gasteiger partial charge on any atom is -0.368 e. The maximum atomic E-state index is 13.3. The number of imidazole rings is 1. The van der Waals surface area contributed by atoms with Crippen LogP contribution >= 0.6 is 0 Å². The van der Waals surface area contributed by atoms with Crippen LogP contribution in [-0.4, -0.2) is 26.5 Å². The van der Waals surface area contributed by atoms with Crippen LogP contribution in [0.15, 0.2) is 38.8 Å². The highest BCUT2D eigenvalue weighted by atomic mass is 32.2. The summed E-state index contributed by atoms with van der Waals surface area (Å²) in [6.07, 6.45) is -1.13. The van der Waals surface area contributed by atoms with Crippen molar-refractivity contribution in [3.05, 3.63) is 50.7 Å². The number of nitrogens with zero attached hydrogens (tertiary/aromatic N) is 4. The van der Waals surface area contributed by atoms with E-state index in [-0.39, 0.29) is 36.1 Å². The largest absolute Gasteiger partial charge is 0.416 e. The van der Waals surface area contributed by atoms with Crippen LogP contribution in [0.3, 0.4) is 0 Å². The molecule has 0 aliphatic heterocycles. The zero-order valence-corrected chi connectivity index (χ0v) is 18.1. The lowest BCUT2D eigenvalue weighted by Crippen LogP contribution is -2.41. The van der Waals surface area contributed by atoms with Crippen molar-refractivity contribution >= 4 is 27.1 Å². The van der Waals surface area contributed by atoms with E-state index in [0.29, 0.717) is 16.1 Å². The van der Waals surface area contributed by atoms with E-state index in [4.69, 9.17) is 5.73 Å². The van der Waals surface area contributed by atoms with Crippen LogP contribution < -0.4 is 17.0 Å². The zero-order valence-electron chi connectivity index (χ0n) is 17.2. The van der Waals surface area contributed by atoms with Crippen molar-refractivity contribution in [2.75, 3.05) is 5.73 Å². The molecular formula is C20H20F3N5O4S. The minimum absolute atomic E-state index is 0.142. The number of fused-ring (bicyclic) bond motifs is 1. The molecule has 13 heteroatoms. The van der Waals surface area contributed by atoms with Crippen LogP contribution in [0.2, 0.25) is 0 Å². The maximum Gasteiger partial charge on any atom is 0.416 e. The average molecular weight is 483 g/mol. The Morgan fingerprint density at radius 1 is 0.970 bits per heavy atom. The van der Waals surface area contributed by atoms with Gasteiger partial charge in [-0.1, -0.05) is 0 Å². The van der Waals surface area contributed by atoms with Crippen molar-refractivity contribution in [1.29, 1.82) is 0 Å². The molecule has 0 saturated heterocycles. The first-order valence-corrected chi connectivity index (χ1v) is 11.9. The van der Waals surface area contributed by atoms with Gasteiger partial charge in [-0.3, -0.25) is 13.9 Å². The third-order valence-corrected chi connectivity index (χ3v) is 7.72. The second-order valence-corrected chi connectivity index (χ2v) is 10.4. The predicted molar refractivity (Wildman–Crippen MR) is 112 cm³/mol.